The second kappa shape index (κ2) is 5.86. The van der Waals surface area contributed by atoms with Crippen molar-refractivity contribution in [2.24, 2.45) is 0 Å². The Bertz CT molecular complexity index is 597. The van der Waals surface area contributed by atoms with E-state index in [1.807, 2.05) is 6.92 Å². The van der Waals surface area contributed by atoms with Gasteiger partial charge >= 0.3 is 0 Å². The van der Waals surface area contributed by atoms with Crippen LogP contribution >= 0.6 is 0 Å². The van der Waals surface area contributed by atoms with Crippen molar-refractivity contribution in [3.63, 3.8) is 0 Å². The van der Waals surface area contributed by atoms with Gasteiger partial charge in [0.15, 0.2) is 0 Å². The van der Waals surface area contributed by atoms with Gasteiger partial charge in [0.05, 0.1) is 12.2 Å². The first-order valence-corrected chi connectivity index (χ1v) is 5.92. The van der Waals surface area contributed by atoms with Crippen LogP contribution in [0.25, 0.3) is 0 Å². The summed E-state index contributed by atoms with van der Waals surface area (Å²) in [7, 11) is 0. The van der Waals surface area contributed by atoms with Gasteiger partial charge in [-0.3, -0.25) is 9.59 Å². The number of H-pyrrole nitrogens is 1. The van der Waals surface area contributed by atoms with Crippen LogP contribution in [0, 0.1) is 0 Å². The van der Waals surface area contributed by atoms with Gasteiger partial charge in [-0.1, -0.05) is 0 Å². The Morgan fingerprint density at radius 3 is 2.53 bits per heavy atom. The molecule has 2 N–H and O–H groups in total. The van der Waals surface area contributed by atoms with Crippen molar-refractivity contribution in [1.29, 1.82) is 0 Å². The van der Waals surface area contributed by atoms with E-state index in [0.29, 0.717) is 17.9 Å². The van der Waals surface area contributed by atoms with Gasteiger partial charge in [0.2, 0.25) is 5.56 Å². The molecule has 2 rings (SSSR count). The molecule has 5 nitrogen and oxygen atoms in total. The highest BCUT2D eigenvalue weighted by Gasteiger charge is 2.05. The minimum atomic E-state index is -0.277. The summed E-state index contributed by atoms with van der Waals surface area (Å²) in [6, 6.07) is 9.87. The predicted molar refractivity (Wildman–Crippen MR) is 72.6 cm³/mol. The molecule has 19 heavy (non-hydrogen) atoms. The summed E-state index contributed by atoms with van der Waals surface area (Å²) in [5, 5.41) is 2.73. The highest BCUT2D eigenvalue weighted by atomic mass is 16.5. The number of pyridine rings is 1. The van der Waals surface area contributed by atoms with E-state index in [1.54, 1.807) is 24.3 Å². The van der Waals surface area contributed by atoms with Gasteiger partial charge in [0.1, 0.15) is 5.75 Å². The Labute approximate surface area is 110 Å². The van der Waals surface area contributed by atoms with Crippen molar-refractivity contribution < 1.29 is 9.53 Å². The highest BCUT2D eigenvalue weighted by molar-refractivity contribution is 6.04. The van der Waals surface area contributed by atoms with E-state index in [4.69, 9.17) is 4.74 Å². The third kappa shape index (κ3) is 3.45. The fourth-order valence-corrected chi connectivity index (χ4v) is 1.56. The highest BCUT2D eigenvalue weighted by Crippen LogP contribution is 2.16. The summed E-state index contributed by atoms with van der Waals surface area (Å²) in [6.45, 7) is 2.51. The number of aromatic nitrogens is 1. The van der Waals surface area contributed by atoms with E-state index in [1.165, 1.54) is 18.3 Å². The van der Waals surface area contributed by atoms with E-state index < -0.39 is 0 Å². The maximum atomic E-state index is 11.9. The fraction of sp³-hybridized carbons (Fsp3) is 0.143. The first-order valence-electron chi connectivity index (χ1n) is 5.92. The number of anilines is 1. The van der Waals surface area contributed by atoms with Crippen molar-refractivity contribution in [3.05, 3.63) is 58.5 Å². The van der Waals surface area contributed by atoms with Crippen LogP contribution in [0.5, 0.6) is 5.75 Å². The van der Waals surface area contributed by atoms with Gasteiger partial charge in [0, 0.05) is 18.0 Å². The molecular formula is C14H14N2O3. The molecule has 1 heterocycles. The van der Waals surface area contributed by atoms with E-state index in [2.05, 4.69) is 10.3 Å². The molecule has 0 radical (unpaired) electrons. The van der Waals surface area contributed by atoms with Gasteiger partial charge in [-0.05, 0) is 37.3 Å². The Balaban J connectivity index is 2.06. The molecule has 0 spiro atoms. The molecule has 0 atom stereocenters. The minimum absolute atomic E-state index is 0.238. The maximum absolute atomic E-state index is 11.9. The van der Waals surface area contributed by atoms with Crippen molar-refractivity contribution >= 4 is 11.6 Å². The lowest BCUT2D eigenvalue weighted by molar-refractivity contribution is 0.102. The molecule has 0 aliphatic carbocycles. The van der Waals surface area contributed by atoms with Gasteiger partial charge in [-0.25, -0.2) is 0 Å². The van der Waals surface area contributed by atoms with E-state index >= 15 is 0 Å². The number of nitrogens with one attached hydrogen (secondary N) is 2. The molecule has 5 heteroatoms. The molecule has 0 saturated carbocycles. The zero-order chi connectivity index (χ0) is 13.7. The molecule has 0 saturated heterocycles. The van der Waals surface area contributed by atoms with Crippen molar-refractivity contribution in [2.75, 3.05) is 11.9 Å². The Kier molecular flexibility index (Phi) is 3.97. The Morgan fingerprint density at radius 2 is 1.95 bits per heavy atom. The number of hydrogen-bond acceptors (Lipinski definition) is 3. The number of aromatic amines is 1. The second-order valence-electron chi connectivity index (χ2n) is 3.85. The summed E-state index contributed by atoms with van der Waals surface area (Å²) in [6.07, 6.45) is 1.38. The van der Waals surface area contributed by atoms with Crippen LogP contribution in [0.4, 0.5) is 5.69 Å². The minimum Gasteiger partial charge on any atom is -0.494 e. The van der Waals surface area contributed by atoms with Gasteiger partial charge < -0.3 is 15.0 Å². The molecule has 1 aromatic carbocycles. The molecule has 98 valence electrons. The van der Waals surface area contributed by atoms with Crippen LogP contribution in [0.1, 0.15) is 17.3 Å². The summed E-state index contributed by atoms with van der Waals surface area (Å²) >= 11 is 0. The van der Waals surface area contributed by atoms with Crippen molar-refractivity contribution in [2.45, 2.75) is 6.92 Å². The Morgan fingerprint density at radius 1 is 1.21 bits per heavy atom. The molecule has 0 fully saturated rings. The molecule has 0 aliphatic rings. The quantitative estimate of drug-likeness (QED) is 0.881. The normalized spacial score (nSPS) is 9.95. The van der Waals surface area contributed by atoms with Crippen LogP contribution < -0.4 is 15.6 Å². The zero-order valence-electron chi connectivity index (χ0n) is 10.5. The lowest BCUT2D eigenvalue weighted by atomic mass is 10.2. The van der Waals surface area contributed by atoms with E-state index in [0.717, 1.165) is 5.75 Å². The molecular weight excluding hydrogens is 244 g/mol. The summed E-state index contributed by atoms with van der Waals surface area (Å²) < 4.78 is 5.31. The number of hydrogen-bond donors (Lipinski definition) is 2. The number of ether oxygens (including phenoxy) is 1. The molecule has 1 amide bonds. The van der Waals surface area contributed by atoms with E-state index in [-0.39, 0.29) is 11.5 Å². The monoisotopic (exact) mass is 258 g/mol. The third-order valence-corrected chi connectivity index (χ3v) is 2.47. The molecule has 2 aromatic rings. The Hall–Kier alpha value is -2.56. The maximum Gasteiger partial charge on any atom is 0.257 e. The van der Waals surface area contributed by atoms with Gasteiger partial charge in [-0.15, -0.1) is 0 Å². The van der Waals surface area contributed by atoms with Crippen LogP contribution in [0.3, 0.4) is 0 Å². The van der Waals surface area contributed by atoms with E-state index in [9.17, 15) is 9.59 Å². The standard InChI is InChI=1S/C14H14N2O3/c1-2-19-12-6-4-11(5-7-12)16-14(18)10-3-8-13(17)15-9-10/h3-9H,2H2,1H3,(H,15,17)(H,16,18). The SMILES string of the molecule is CCOc1ccc(NC(=O)c2ccc(=O)[nH]c2)cc1. The first-order chi connectivity index (χ1) is 9.19. The zero-order valence-corrected chi connectivity index (χ0v) is 10.5. The summed E-state index contributed by atoms with van der Waals surface area (Å²) in [5.74, 6) is 0.477. The number of carbonyl (C=O) groups excluding carboxylic acids is 1. The topological polar surface area (TPSA) is 71.2 Å². The molecule has 0 bridgehead atoms. The number of benzene rings is 1. The van der Waals surface area contributed by atoms with Crippen LogP contribution in [-0.2, 0) is 0 Å². The fourth-order valence-electron chi connectivity index (χ4n) is 1.56. The predicted octanol–water partition coefficient (Wildman–Crippen LogP) is 2.03. The average Bonchev–Trinajstić information content (AvgIpc) is 2.42. The van der Waals surface area contributed by atoms with Crippen molar-refractivity contribution in [1.82, 2.24) is 4.98 Å². The van der Waals surface area contributed by atoms with Gasteiger partial charge in [-0.2, -0.15) is 0 Å². The number of amides is 1. The lowest BCUT2D eigenvalue weighted by Crippen LogP contribution is -2.14. The average molecular weight is 258 g/mol. The van der Waals surface area contributed by atoms with Crippen molar-refractivity contribution in [3.8, 4) is 5.75 Å². The molecule has 1 aromatic heterocycles. The van der Waals surface area contributed by atoms with Crippen LogP contribution in [0.2, 0.25) is 0 Å². The number of carbonyl (C=O) groups is 1. The third-order valence-electron chi connectivity index (χ3n) is 2.47. The largest absolute Gasteiger partial charge is 0.494 e. The smallest absolute Gasteiger partial charge is 0.257 e. The van der Waals surface area contributed by atoms with Crippen LogP contribution in [-0.4, -0.2) is 17.5 Å². The van der Waals surface area contributed by atoms with Gasteiger partial charge in [0.25, 0.3) is 5.91 Å². The summed E-state index contributed by atoms with van der Waals surface area (Å²) in [5.41, 5.74) is 0.825. The summed E-state index contributed by atoms with van der Waals surface area (Å²) in [4.78, 5) is 25.2. The number of rotatable bonds is 4. The molecule has 0 unspecified atom stereocenters. The molecule has 0 aliphatic heterocycles. The first kappa shape index (κ1) is 12.9. The van der Waals surface area contributed by atoms with Crippen LogP contribution in [0.15, 0.2) is 47.4 Å². The lowest BCUT2D eigenvalue weighted by Gasteiger charge is -2.06. The second-order valence-corrected chi connectivity index (χ2v) is 3.85.